The van der Waals surface area contributed by atoms with Crippen LogP contribution in [0.4, 0.5) is 18.0 Å². The lowest BCUT2D eigenvalue weighted by Crippen LogP contribution is -2.50. The number of allylic oxidation sites excluding steroid dienone is 3. The number of amidine groups is 1. The highest BCUT2D eigenvalue weighted by atomic mass is 32.2. The monoisotopic (exact) mass is 619 g/mol. The van der Waals surface area contributed by atoms with Gasteiger partial charge in [0.15, 0.2) is 0 Å². The van der Waals surface area contributed by atoms with Crippen molar-refractivity contribution in [3.63, 3.8) is 0 Å². The molecule has 1 aromatic rings. The van der Waals surface area contributed by atoms with E-state index in [1.54, 1.807) is 19.9 Å². The Labute approximate surface area is 247 Å². The summed E-state index contributed by atoms with van der Waals surface area (Å²) in [5.41, 5.74) is -1.40. The summed E-state index contributed by atoms with van der Waals surface area (Å²) in [4.78, 5) is 43.5. The molecule has 5 rings (SSSR count). The Morgan fingerprint density at radius 1 is 1.00 bits per heavy atom. The number of piperidine rings is 1. The molecule has 0 aromatic heterocycles. The Hall–Kier alpha value is -3.78. The van der Waals surface area contributed by atoms with Gasteiger partial charge in [-0.05, 0) is 52.7 Å². The van der Waals surface area contributed by atoms with Crippen molar-refractivity contribution in [1.82, 2.24) is 19.8 Å². The third-order valence-electron chi connectivity index (χ3n) is 8.54. The first-order chi connectivity index (χ1) is 19.9. The maximum absolute atomic E-state index is 13.2. The van der Waals surface area contributed by atoms with E-state index in [9.17, 15) is 36.0 Å². The van der Waals surface area contributed by atoms with E-state index in [0.717, 1.165) is 28.7 Å². The van der Waals surface area contributed by atoms with E-state index in [-0.39, 0.29) is 43.2 Å². The quantitative estimate of drug-likeness (QED) is 0.386. The van der Waals surface area contributed by atoms with E-state index in [1.807, 2.05) is 26.0 Å². The molecule has 2 N–H and O–H groups in total. The van der Waals surface area contributed by atoms with Crippen molar-refractivity contribution in [3.05, 3.63) is 70.2 Å². The normalized spacial score (nSPS) is 26.0. The molecule has 3 aliphatic heterocycles. The van der Waals surface area contributed by atoms with Crippen molar-refractivity contribution in [1.29, 1.82) is 0 Å². The molecule has 2 saturated heterocycles. The number of imide groups is 1. The van der Waals surface area contributed by atoms with Crippen LogP contribution in [0.15, 0.2) is 64.0 Å². The van der Waals surface area contributed by atoms with Crippen LogP contribution >= 0.6 is 0 Å². The molecule has 2 fully saturated rings. The number of hydrogen-bond acceptors (Lipinski definition) is 6. The fourth-order valence-electron chi connectivity index (χ4n) is 6.00. The SMILES string of the molecule is CC1=CC(N2C(=O)NC(=O)C2(C)C)C=C(C)C1/C=C/S(=O)(=O)N1CCC2(CC1)N=C(c1cccc(C(F)(F)F)c1)NC2=O. The number of nitrogens with one attached hydrogen (secondary N) is 2. The molecule has 1 aliphatic carbocycles. The molecule has 0 bridgehead atoms. The molecular formula is C29H32F3N5O5S. The molecular weight excluding hydrogens is 587 g/mol. The van der Waals surface area contributed by atoms with E-state index < -0.39 is 56.7 Å². The number of sulfonamides is 1. The Morgan fingerprint density at radius 3 is 2.19 bits per heavy atom. The first-order valence-electron chi connectivity index (χ1n) is 13.7. The highest BCUT2D eigenvalue weighted by Gasteiger charge is 2.49. The maximum Gasteiger partial charge on any atom is 0.416 e. The van der Waals surface area contributed by atoms with Gasteiger partial charge in [-0.15, -0.1) is 0 Å². The van der Waals surface area contributed by atoms with Crippen LogP contribution < -0.4 is 10.6 Å². The minimum Gasteiger partial charge on any atom is -0.308 e. The predicted octanol–water partition coefficient (Wildman–Crippen LogP) is 3.48. The molecule has 14 heteroatoms. The number of benzene rings is 1. The van der Waals surface area contributed by atoms with Gasteiger partial charge in [0, 0.05) is 30.0 Å². The number of halogens is 3. The molecule has 230 valence electrons. The van der Waals surface area contributed by atoms with Gasteiger partial charge in [-0.1, -0.05) is 41.5 Å². The van der Waals surface area contributed by atoms with Gasteiger partial charge in [0.1, 0.15) is 16.9 Å². The number of aliphatic imine (C=N–C) groups is 1. The zero-order chi connectivity index (χ0) is 31.5. The summed E-state index contributed by atoms with van der Waals surface area (Å²) < 4.78 is 67.2. The minimum absolute atomic E-state index is 0.00301. The average molecular weight is 620 g/mol. The lowest BCUT2D eigenvalue weighted by atomic mass is 9.85. The molecule has 0 saturated carbocycles. The number of rotatable bonds is 5. The number of nitrogens with zero attached hydrogens (tertiary/aromatic N) is 3. The molecule has 1 aromatic carbocycles. The van der Waals surface area contributed by atoms with E-state index in [1.165, 1.54) is 21.3 Å². The van der Waals surface area contributed by atoms with Crippen molar-refractivity contribution in [2.45, 2.75) is 63.8 Å². The Kier molecular flexibility index (Phi) is 7.45. The van der Waals surface area contributed by atoms with Gasteiger partial charge >= 0.3 is 12.2 Å². The third-order valence-corrected chi connectivity index (χ3v) is 10.1. The van der Waals surface area contributed by atoms with Crippen LogP contribution in [0.3, 0.4) is 0 Å². The fraction of sp³-hybridized carbons (Fsp3) is 0.448. The Bertz CT molecular complexity index is 1600. The molecule has 10 nitrogen and oxygen atoms in total. The van der Waals surface area contributed by atoms with Crippen LogP contribution in [0, 0.1) is 5.92 Å². The topological polar surface area (TPSA) is 128 Å². The number of carbonyl (C=O) groups is 3. The van der Waals surface area contributed by atoms with Gasteiger partial charge in [-0.2, -0.15) is 17.5 Å². The van der Waals surface area contributed by atoms with Crippen molar-refractivity contribution in [3.8, 4) is 0 Å². The molecule has 3 heterocycles. The zero-order valence-electron chi connectivity index (χ0n) is 24.0. The second-order valence-electron chi connectivity index (χ2n) is 11.8. The van der Waals surface area contributed by atoms with E-state index >= 15 is 0 Å². The summed E-state index contributed by atoms with van der Waals surface area (Å²) in [7, 11) is -3.87. The van der Waals surface area contributed by atoms with Gasteiger partial charge in [0.25, 0.3) is 11.8 Å². The summed E-state index contributed by atoms with van der Waals surface area (Å²) in [6.07, 6.45) is 0.831. The standard InChI is InChI=1S/C29H32F3N5O5S/c1-17-14-21(37-26(40)34-24(38)27(37,3)4)15-18(2)22(17)8-13-43(41,42)36-11-9-28(10-12-36)25(39)33-23(35-28)19-6-5-7-20(16-19)29(30,31)32/h5-8,13-16,21-22H,9-12H2,1-4H3,(H,33,35,39)(H,34,38,40)/b13-8+. The van der Waals surface area contributed by atoms with Crippen LogP contribution in [0.5, 0.6) is 0 Å². The predicted molar refractivity (Wildman–Crippen MR) is 152 cm³/mol. The molecule has 0 unspecified atom stereocenters. The van der Waals surface area contributed by atoms with Crippen LogP contribution in [-0.2, 0) is 25.8 Å². The molecule has 43 heavy (non-hydrogen) atoms. The first kappa shape index (κ1) is 30.7. The summed E-state index contributed by atoms with van der Waals surface area (Å²) in [6, 6.07) is 3.56. The van der Waals surface area contributed by atoms with Crippen LogP contribution in [0.2, 0.25) is 0 Å². The number of alkyl halides is 3. The second kappa shape index (κ2) is 10.4. The molecule has 0 atom stereocenters. The van der Waals surface area contributed by atoms with Gasteiger partial charge in [-0.3, -0.25) is 19.9 Å². The Morgan fingerprint density at radius 2 is 1.63 bits per heavy atom. The molecule has 0 radical (unpaired) electrons. The van der Waals surface area contributed by atoms with E-state index in [4.69, 9.17) is 0 Å². The molecule has 1 spiro atoms. The summed E-state index contributed by atoms with van der Waals surface area (Å²) in [6.45, 7) is 6.99. The van der Waals surface area contributed by atoms with Gasteiger partial charge in [0.2, 0.25) is 10.0 Å². The smallest absolute Gasteiger partial charge is 0.308 e. The highest BCUT2D eigenvalue weighted by Crippen LogP contribution is 2.36. The van der Waals surface area contributed by atoms with Gasteiger partial charge in [-0.25, -0.2) is 13.2 Å². The number of hydrogen-bond donors (Lipinski definition) is 2. The third kappa shape index (κ3) is 5.53. The van der Waals surface area contributed by atoms with Crippen LogP contribution in [-0.4, -0.2) is 71.5 Å². The highest BCUT2D eigenvalue weighted by molar-refractivity contribution is 7.92. The lowest BCUT2D eigenvalue weighted by molar-refractivity contribution is -0.137. The first-order valence-corrected chi connectivity index (χ1v) is 15.2. The Balaban J connectivity index is 1.27. The van der Waals surface area contributed by atoms with E-state index in [0.29, 0.717) is 0 Å². The minimum atomic E-state index is -4.55. The molecule has 4 amide bonds. The number of urea groups is 1. The number of amides is 4. The van der Waals surface area contributed by atoms with Crippen molar-refractivity contribution < 1.29 is 36.0 Å². The zero-order valence-corrected chi connectivity index (χ0v) is 24.8. The van der Waals surface area contributed by atoms with Gasteiger partial charge in [0.05, 0.1) is 11.6 Å². The summed E-state index contributed by atoms with van der Waals surface area (Å²) in [5, 5.41) is 6.04. The van der Waals surface area contributed by atoms with Gasteiger partial charge < -0.3 is 10.2 Å². The van der Waals surface area contributed by atoms with Crippen molar-refractivity contribution >= 4 is 33.7 Å². The molecule has 4 aliphatic rings. The fourth-order valence-corrected chi connectivity index (χ4v) is 7.22. The average Bonchev–Trinajstić information content (AvgIpc) is 3.33. The lowest BCUT2D eigenvalue weighted by Gasteiger charge is -2.36. The number of carbonyl (C=O) groups excluding carboxylic acids is 3. The largest absolute Gasteiger partial charge is 0.416 e. The van der Waals surface area contributed by atoms with Crippen molar-refractivity contribution in [2.24, 2.45) is 10.9 Å². The van der Waals surface area contributed by atoms with Crippen molar-refractivity contribution in [2.75, 3.05) is 13.1 Å². The van der Waals surface area contributed by atoms with Crippen LogP contribution in [0.1, 0.15) is 51.7 Å². The van der Waals surface area contributed by atoms with Crippen LogP contribution in [0.25, 0.3) is 0 Å². The summed E-state index contributed by atoms with van der Waals surface area (Å²) >= 11 is 0. The summed E-state index contributed by atoms with van der Waals surface area (Å²) in [5.74, 6) is -1.17. The maximum atomic E-state index is 13.2. The second-order valence-corrected chi connectivity index (χ2v) is 13.6. The van der Waals surface area contributed by atoms with E-state index in [2.05, 4.69) is 15.6 Å².